The van der Waals surface area contributed by atoms with E-state index in [0.717, 1.165) is 29.7 Å². The van der Waals surface area contributed by atoms with Crippen molar-refractivity contribution in [1.29, 1.82) is 0 Å². The number of likely N-dealkylation sites (tertiary alicyclic amines) is 1. The van der Waals surface area contributed by atoms with Crippen LogP contribution in [-0.4, -0.2) is 34.6 Å². The van der Waals surface area contributed by atoms with Gasteiger partial charge in [0.15, 0.2) is 0 Å². The number of hydrogen-bond donors (Lipinski definition) is 0. The van der Waals surface area contributed by atoms with Crippen LogP contribution in [0.5, 0.6) is 5.75 Å². The van der Waals surface area contributed by atoms with Crippen LogP contribution in [0.2, 0.25) is 0 Å². The van der Waals surface area contributed by atoms with Crippen molar-refractivity contribution in [3.63, 3.8) is 0 Å². The predicted molar refractivity (Wildman–Crippen MR) is 116 cm³/mol. The van der Waals surface area contributed by atoms with Crippen molar-refractivity contribution in [3.05, 3.63) is 88.1 Å². The van der Waals surface area contributed by atoms with Gasteiger partial charge in [0.1, 0.15) is 17.7 Å². The number of rotatable bonds is 5. The van der Waals surface area contributed by atoms with Gasteiger partial charge in [0.25, 0.3) is 11.5 Å². The number of hydrogen-bond acceptors (Lipinski definition) is 3. The van der Waals surface area contributed by atoms with E-state index < -0.39 is 0 Å². The van der Waals surface area contributed by atoms with E-state index in [4.69, 9.17) is 4.74 Å². The highest BCUT2D eigenvalue weighted by molar-refractivity contribution is 5.95. The van der Waals surface area contributed by atoms with E-state index in [2.05, 4.69) is 0 Å². The monoisotopic (exact) mass is 418 g/mol. The lowest BCUT2D eigenvalue weighted by molar-refractivity contribution is 0.0176. The van der Waals surface area contributed by atoms with Crippen molar-refractivity contribution in [2.45, 2.75) is 31.9 Å². The summed E-state index contributed by atoms with van der Waals surface area (Å²) in [5, 5.41) is 0. The van der Waals surface area contributed by atoms with Crippen molar-refractivity contribution < 1.29 is 13.9 Å². The Morgan fingerprint density at radius 2 is 1.58 bits per heavy atom. The molecule has 0 N–H and O–H groups in total. The first kappa shape index (κ1) is 19.5. The molecular formula is C25H23FN2O3. The zero-order valence-corrected chi connectivity index (χ0v) is 17.3. The number of halogens is 1. The molecule has 1 saturated carbocycles. The van der Waals surface area contributed by atoms with Crippen molar-refractivity contribution in [3.8, 4) is 16.9 Å². The van der Waals surface area contributed by atoms with Crippen LogP contribution >= 0.6 is 0 Å². The first-order valence-electron chi connectivity index (χ1n) is 10.5. The average molecular weight is 418 g/mol. The summed E-state index contributed by atoms with van der Waals surface area (Å²) in [5.74, 6) is 0.246. The third-order valence-electron chi connectivity index (χ3n) is 5.89. The van der Waals surface area contributed by atoms with E-state index in [-0.39, 0.29) is 23.4 Å². The first-order chi connectivity index (χ1) is 15.0. The molecule has 5 nitrogen and oxygen atoms in total. The Kier molecular flexibility index (Phi) is 4.85. The molecule has 2 fully saturated rings. The summed E-state index contributed by atoms with van der Waals surface area (Å²) in [6, 6.07) is 17.4. The van der Waals surface area contributed by atoms with E-state index in [1.54, 1.807) is 35.2 Å². The number of ether oxygens (including phenoxy) is 1. The highest BCUT2D eigenvalue weighted by Gasteiger charge is 2.33. The van der Waals surface area contributed by atoms with Gasteiger partial charge < -0.3 is 14.2 Å². The van der Waals surface area contributed by atoms with Crippen molar-refractivity contribution in [1.82, 2.24) is 9.47 Å². The molecule has 1 aliphatic heterocycles. The molecule has 0 spiro atoms. The van der Waals surface area contributed by atoms with Crippen LogP contribution in [0.4, 0.5) is 4.39 Å². The quantitative estimate of drug-likeness (QED) is 0.624. The Balaban J connectivity index is 1.19. The Morgan fingerprint density at radius 1 is 0.968 bits per heavy atom. The zero-order chi connectivity index (χ0) is 21.5. The van der Waals surface area contributed by atoms with Crippen LogP contribution in [0.1, 0.15) is 34.9 Å². The maximum absolute atomic E-state index is 13.1. The number of pyridine rings is 1. The highest BCUT2D eigenvalue weighted by Crippen LogP contribution is 2.35. The molecule has 6 heteroatoms. The van der Waals surface area contributed by atoms with Gasteiger partial charge in [0, 0.05) is 23.4 Å². The molecule has 0 unspecified atom stereocenters. The second-order valence-corrected chi connectivity index (χ2v) is 8.31. The van der Waals surface area contributed by atoms with Gasteiger partial charge in [0.2, 0.25) is 0 Å². The minimum absolute atomic E-state index is 0.0222. The number of nitrogens with zero attached hydrogens (tertiary/aromatic N) is 2. The number of carbonyl (C=O) groups excluding carboxylic acids is 1. The van der Waals surface area contributed by atoms with E-state index in [9.17, 15) is 14.0 Å². The van der Waals surface area contributed by atoms with Crippen molar-refractivity contribution >= 4 is 5.91 Å². The topological polar surface area (TPSA) is 51.5 Å². The smallest absolute Gasteiger partial charge is 0.254 e. The fourth-order valence-corrected chi connectivity index (χ4v) is 4.05. The van der Waals surface area contributed by atoms with Crippen LogP contribution in [0.25, 0.3) is 11.1 Å². The molecule has 5 rings (SSSR count). The fraction of sp³-hybridized carbons (Fsp3) is 0.280. The summed E-state index contributed by atoms with van der Waals surface area (Å²) in [6.45, 7) is 2.91. The lowest BCUT2D eigenvalue weighted by atomic mass is 10.0. The molecule has 2 heterocycles. The third-order valence-corrected chi connectivity index (χ3v) is 5.89. The fourth-order valence-electron chi connectivity index (χ4n) is 4.05. The minimum atomic E-state index is -0.274. The zero-order valence-electron chi connectivity index (χ0n) is 17.3. The van der Waals surface area contributed by atoms with E-state index in [0.29, 0.717) is 30.4 Å². The van der Waals surface area contributed by atoms with Crippen LogP contribution in [-0.2, 0) is 0 Å². The van der Waals surface area contributed by atoms with Gasteiger partial charge in [-0.1, -0.05) is 24.3 Å². The molecule has 1 aromatic heterocycles. The van der Waals surface area contributed by atoms with Gasteiger partial charge in [-0.25, -0.2) is 4.39 Å². The molecule has 31 heavy (non-hydrogen) atoms. The predicted octanol–water partition coefficient (Wildman–Crippen LogP) is 4.20. The number of carbonyl (C=O) groups is 1. The lowest BCUT2D eigenvalue weighted by Gasteiger charge is -2.39. The van der Waals surface area contributed by atoms with E-state index >= 15 is 0 Å². The SMILES string of the molecule is Cc1cc(OC2CN(C(=O)c3ccc(-c4ccc(F)cc4)cc3)C2)cc(=O)n1C1CC1. The standard InChI is InChI=1S/C25H23FN2O3/c1-16-12-22(13-24(29)28(16)21-10-11-21)31-23-14-27(15-23)25(30)19-4-2-17(3-5-19)18-6-8-20(26)9-7-18/h2-9,12-13,21,23H,10-11,14-15H2,1H3. The molecule has 3 aromatic rings. The summed E-state index contributed by atoms with van der Waals surface area (Å²) in [6.07, 6.45) is 2.01. The maximum atomic E-state index is 13.1. The van der Waals surface area contributed by atoms with E-state index in [1.807, 2.05) is 29.7 Å². The highest BCUT2D eigenvalue weighted by atomic mass is 19.1. The summed E-state index contributed by atoms with van der Waals surface area (Å²) >= 11 is 0. The number of amides is 1. The number of benzene rings is 2. The summed E-state index contributed by atoms with van der Waals surface area (Å²) in [7, 11) is 0. The minimum Gasteiger partial charge on any atom is -0.486 e. The Morgan fingerprint density at radius 3 is 2.16 bits per heavy atom. The van der Waals surface area contributed by atoms with Gasteiger partial charge >= 0.3 is 0 Å². The van der Waals surface area contributed by atoms with Gasteiger partial charge in [-0.15, -0.1) is 0 Å². The maximum Gasteiger partial charge on any atom is 0.254 e. The molecule has 1 saturated heterocycles. The Labute approximate surface area is 179 Å². The van der Waals surface area contributed by atoms with Gasteiger partial charge in [-0.05, 0) is 61.2 Å². The summed E-state index contributed by atoms with van der Waals surface area (Å²) in [4.78, 5) is 26.8. The molecule has 2 aromatic carbocycles. The molecule has 1 aliphatic carbocycles. The molecule has 0 radical (unpaired) electrons. The molecule has 0 atom stereocenters. The van der Waals surface area contributed by atoms with Gasteiger partial charge in [0.05, 0.1) is 13.1 Å². The van der Waals surface area contributed by atoms with Crippen LogP contribution < -0.4 is 10.3 Å². The van der Waals surface area contributed by atoms with Gasteiger partial charge in [-0.3, -0.25) is 9.59 Å². The number of aryl methyl sites for hydroxylation is 1. The molecule has 1 amide bonds. The van der Waals surface area contributed by atoms with E-state index in [1.165, 1.54) is 12.1 Å². The normalized spacial score (nSPS) is 16.1. The largest absolute Gasteiger partial charge is 0.486 e. The van der Waals surface area contributed by atoms with Gasteiger partial charge in [-0.2, -0.15) is 0 Å². The third kappa shape index (κ3) is 3.98. The van der Waals surface area contributed by atoms with Crippen LogP contribution in [0.15, 0.2) is 65.5 Å². The molecule has 0 bridgehead atoms. The number of aromatic nitrogens is 1. The molecule has 158 valence electrons. The average Bonchev–Trinajstić information content (AvgIpc) is 3.55. The summed E-state index contributed by atoms with van der Waals surface area (Å²) < 4.78 is 20.9. The first-order valence-corrected chi connectivity index (χ1v) is 10.5. The van der Waals surface area contributed by atoms with Crippen LogP contribution in [0, 0.1) is 12.7 Å². The lowest BCUT2D eigenvalue weighted by Crippen LogP contribution is -2.56. The second kappa shape index (κ2) is 7.69. The van der Waals surface area contributed by atoms with Crippen LogP contribution in [0.3, 0.4) is 0 Å². The Hall–Kier alpha value is -3.41. The second-order valence-electron chi connectivity index (χ2n) is 8.31. The van der Waals surface area contributed by atoms with Crippen molar-refractivity contribution in [2.75, 3.05) is 13.1 Å². The van der Waals surface area contributed by atoms with Crippen molar-refractivity contribution in [2.24, 2.45) is 0 Å². The Bertz CT molecular complexity index is 1170. The summed E-state index contributed by atoms with van der Waals surface area (Å²) in [5.41, 5.74) is 3.33. The molecular weight excluding hydrogens is 395 g/mol. The molecule has 2 aliphatic rings.